The van der Waals surface area contributed by atoms with Crippen molar-refractivity contribution in [3.63, 3.8) is 0 Å². The minimum absolute atomic E-state index is 0.370. The van der Waals surface area contributed by atoms with Gasteiger partial charge < -0.3 is 10.7 Å². The second-order valence-electron chi connectivity index (χ2n) is 4.52. The van der Waals surface area contributed by atoms with Gasteiger partial charge in [-0.3, -0.25) is 0 Å². The molecule has 0 aliphatic heterocycles. The second-order valence-corrected chi connectivity index (χ2v) is 4.95. The molecule has 0 aliphatic carbocycles. The van der Waals surface area contributed by atoms with Crippen molar-refractivity contribution in [3.8, 4) is 11.3 Å². The third-order valence-corrected chi connectivity index (χ3v) is 3.72. The number of aromatic amines is 1. The summed E-state index contributed by atoms with van der Waals surface area (Å²) in [6, 6.07) is 7.67. The summed E-state index contributed by atoms with van der Waals surface area (Å²) in [5, 5.41) is 0.730. The van der Waals surface area contributed by atoms with Crippen LogP contribution in [-0.2, 0) is 5.54 Å². The lowest BCUT2D eigenvalue weighted by molar-refractivity contribution is 0.391. The number of hydrogen-bond acceptors (Lipinski definition) is 2. The predicted octanol–water partition coefficient (Wildman–Crippen LogP) is 3.70. The quantitative estimate of drug-likeness (QED) is 0.884. The van der Waals surface area contributed by atoms with Crippen LogP contribution in [-0.4, -0.2) is 9.97 Å². The predicted molar refractivity (Wildman–Crippen MR) is 75.5 cm³/mol. The fourth-order valence-electron chi connectivity index (χ4n) is 1.94. The van der Waals surface area contributed by atoms with Gasteiger partial charge >= 0.3 is 0 Å². The van der Waals surface area contributed by atoms with E-state index in [1.54, 1.807) is 0 Å². The molecule has 0 amide bonds. The molecule has 2 rings (SSSR count). The largest absolute Gasteiger partial charge is 0.340 e. The minimum atomic E-state index is -0.370. The van der Waals surface area contributed by atoms with E-state index in [0.29, 0.717) is 0 Å². The number of hydrogen-bond donors (Lipinski definition) is 2. The lowest BCUT2D eigenvalue weighted by atomic mass is 9.93. The van der Waals surface area contributed by atoms with Gasteiger partial charge in [0.25, 0.3) is 0 Å². The Labute approximate surface area is 112 Å². The first-order valence-corrected chi connectivity index (χ1v) is 6.57. The number of H-pyrrole nitrogens is 1. The monoisotopic (exact) mass is 263 g/mol. The van der Waals surface area contributed by atoms with Gasteiger partial charge in [0.1, 0.15) is 5.82 Å². The Hall–Kier alpha value is -1.32. The Kier molecular flexibility index (Phi) is 3.73. The molecule has 0 radical (unpaired) electrons. The van der Waals surface area contributed by atoms with Gasteiger partial charge in [-0.25, -0.2) is 4.98 Å². The molecule has 4 heteroatoms. The molecule has 96 valence electrons. The molecule has 18 heavy (non-hydrogen) atoms. The van der Waals surface area contributed by atoms with Crippen LogP contribution in [0.1, 0.15) is 32.5 Å². The molecule has 0 unspecified atom stereocenters. The number of benzene rings is 1. The first kappa shape index (κ1) is 13.1. The van der Waals surface area contributed by atoms with Gasteiger partial charge in [0, 0.05) is 5.02 Å². The molecule has 3 N–H and O–H groups in total. The first-order chi connectivity index (χ1) is 8.59. The van der Waals surface area contributed by atoms with Gasteiger partial charge in [-0.2, -0.15) is 0 Å². The molecular weight excluding hydrogens is 246 g/mol. The fraction of sp³-hybridized carbons (Fsp3) is 0.357. The molecule has 0 aliphatic rings. The van der Waals surface area contributed by atoms with Crippen molar-refractivity contribution in [2.24, 2.45) is 5.73 Å². The number of aromatic nitrogens is 2. The van der Waals surface area contributed by atoms with Gasteiger partial charge in [-0.1, -0.05) is 37.6 Å². The van der Waals surface area contributed by atoms with Gasteiger partial charge in [0.05, 0.1) is 17.4 Å². The number of nitrogens with two attached hydrogens (primary N) is 1. The topological polar surface area (TPSA) is 54.7 Å². The highest BCUT2D eigenvalue weighted by Gasteiger charge is 2.26. The maximum absolute atomic E-state index is 6.32. The molecule has 3 nitrogen and oxygen atoms in total. The van der Waals surface area contributed by atoms with Gasteiger partial charge in [-0.15, -0.1) is 0 Å². The molecule has 0 saturated carbocycles. The van der Waals surface area contributed by atoms with E-state index < -0.39 is 0 Å². The van der Waals surface area contributed by atoms with Crippen molar-refractivity contribution < 1.29 is 0 Å². The summed E-state index contributed by atoms with van der Waals surface area (Å²) in [6.07, 6.45) is 3.54. The molecule has 1 aromatic heterocycles. The summed E-state index contributed by atoms with van der Waals surface area (Å²) < 4.78 is 0. The maximum atomic E-state index is 6.32. The molecule has 0 saturated heterocycles. The van der Waals surface area contributed by atoms with E-state index in [0.717, 1.165) is 34.9 Å². The highest BCUT2D eigenvalue weighted by atomic mass is 35.5. The third-order valence-electron chi connectivity index (χ3n) is 3.46. The molecule has 0 bridgehead atoms. The van der Waals surface area contributed by atoms with E-state index in [9.17, 15) is 0 Å². The molecule has 1 aromatic carbocycles. The lowest BCUT2D eigenvalue weighted by Gasteiger charge is -2.23. The molecule has 1 heterocycles. The number of rotatable bonds is 4. The summed E-state index contributed by atoms with van der Waals surface area (Å²) in [4.78, 5) is 7.73. The maximum Gasteiger partial charge on any atom is 0.126 e. The van der Waals surface area contributed by atoms with E-state index in [2.05, 4.69) is 23.8 Å². The number of halogens is 1. The van der Waals surface area contributed by atoms with Crippen LogP contribution >= 0.6 is 11.6 Å². The Morgan fingerprint density at radius 1 is 1.22 bits per heavy atom. The van der Waals surface area contributed by atoms with E-state index in [-0.39, 0.29) is 5.54 Å². The average Bonchev–Trinajstić information content (AvgIpc) is 2.89. The fourth-order valence-corrected chi connectivity index (χ4v) is 2.06. The summed E-state index contributed by atoms with van der Waals surface area (Å²) >= 11 is 5.88. The van der Waals surface area contributed by atoms with Crippen molar-refractivity contribution >= 4 is 11.6 Å². The number of nitrogens with one attached hydrogen (secondary N) is 1. The standard InChI is InChI=1S/C14H18ClN3/c1-3-14(16,4-2)13-17-9-12(18-13)10-5-7-11(15)8-6-10/h5-9H,3-4,16H2,1-2H3,(H,17,18). The molecule has 0 spiro atoms. The summed E-state index contributed by atoms with van der Waals surface area (Å²) in [7, 11) is 0. The molecule has 0 fully saturated rings. The van der Waals surface area contributed by atoms with Crippen molar-refractivity contribution in [2.45, 2.75) is 32.2 Å². The zero-order chi connectivity index (χ0) is 13.2. The molecular formula is C14H18ClN3. The Morgan fingerprint density at radius 2 is 1.83 bits per heavy atom. The Bertz CT molecular complexity index is 512. The van der Waals surface area contributed by atoms with Crippen LogP contribution < -0.4 is 5.73 Å². The Morgan fingerprint density at radius 3 is 2.39 bits per heavy atom. The van der Waals surface area contributed by atoms with Crippen molar-refractivity contribution in [1.29, 1.82) is 0 Å². The van der Waals surface area contributed by atoms with E-state index in [1.807, 2.05) is 30.5 Å². The second kappa shape index (κ2) is 5.12. The summed E-state index contributed by atoms with van der Waals surface area (Å²) in [5.74, 6) is 0.845. The zero-order valence-electron chi connectivity index (χ0n) is 10.7. The number of nitrogens with zero attached hydrogens (tertiary/aromatic N) is 1. The van der Waals surface area contributed by atoms with E-state index in [4.69, 9.17) is 17.3 Å². The van der Waals surface area contributed by atoms with E-state index in [1.165, 1.54) is 0 Å². The SMILES string of the molecule is CCC(N)(CC)c1ncc(-c2ccc(Cl)cc2)[nH]1. The Balaban J connectivity index is 2.33. The van der Waals surface area contributed by atoms with Crippen LogP contribution in [0.4, 0.5) is 0 Å². The highest BCUT2D eigenvalue weighted by molar-refractivity contribution is 6.30. The normalized spacial score (nSPS) is 11.8. The van der Waals surface area contributed by atoms with Crippen LogP contribution in [0.3, 0.4) is 0 Å². The van der Waals surface area contributed by atoms with Gasteiger partial charge in [-0.05, 0) is 30.5 Å². The minimum Gasteiger partial charge on any atom is -0.340 e. The van der Waals surface area contributed by atoms with Gasteiger partial charge in [0.15, 0.2) is 0 Å². The summed E-state index contributed by atoms with van der Waals surface area (Å²) in [6.45, 7) is 4.15. The highest BCUT2D eigenvalue weighted by Crippen LogP contribution is 2.26. The van der Waals surface area contributed by atoms with Crippen LogP contribution in [0.15, 0.2) is 30.5 Å². The first-order valence-electron chi connectivity index (χ1n) is 6.19. The molecule has 2 aromatic rings. The molecule has 0 atom stereocenters. The van der Waals surface area contributed by atoms with Crippen molar-refractivity contribution in [2.75, 3.05) is 0 Å². The lowest BCUT2D eigenvalue weighted by Crippen LogP contribution is -2.36. The van der Waals surface area contributed by atoms with Crippen molar-refractivity contribution in [1.82, 2.24) is 9.97 Å². The zero-order valence-corrected chi connectivity index (χ0v) is 11.5. The van der Waals surface area contributed by atoms with Gasteiger partial charge in [0.2, 0.25) is 0 Å². The van der Waals surface area contributed by atoms with Crippen molar-refractivity contribution in [3.05, 3.63) is 41.3 Å². The van der Waals surface area contributed by atoms with Crippen LogP contribution in [0.2, 0.25) is 5.02 Å². The van der Waals surface area contributed by atoms with Crippen LogP contribution in [0, 0.1) is 0 Å². The average molecular weight is 264 g/mol. The summed E-state index contributed by atoms with van der Waals surface area (Å²) in [5.41, 5.74) is 7.98. The third kappa shape index (κ3) is 2.42. The number of imidazole rings is 1. The van der Waals surface area contributed by atoms with Crippen LogP contribution in [0.5, 0.6) is 0 Å². The smallest absolute Gasteiger partial charge is 0.126 e. The van der Waals surface area contributed by atoms with E-state index >= 15 is 0 Å². The van der Waals surface area contributed by atoms with Crippen LogP contribution in [0.25, 0.3) is 11.3 Å².